The molecule has 0 heterocycles. The molecule has 1 N–H and O–H groups in total. The molecule has 1 rings (SSSR count). The monoisotopic (exact) mass is 230 g/mol. The molecule has 84 valence electrons. The van der Waals surface area contributed by atoms with Crippen molar-refractivity contribution >= 4 is 8.60 Å². The van der Waals surface area contributed by atoms with Crippen LogP contribution in [-0.2, 0) is 9.05 Å². The fourth-order valence-electron chi connectivity index (χ4n) is 0.915. The Morgan fingerprint density at radius 1 is 1.13 bits per heavy atom. The lowest BCUT2D eigenvalue weighted by Crippen LogP contribution is -1.97. The number of hydrogen-bond donors (Lipinski definition) is 1. The molecule has 15 heavy (non-hydrogen) atoms. The molecule has 0 bridgehead atoms. The summed E-state index contributed by atoms with van der Waals surface area (Å²) >= 11 is 0. The number of aromatic hydroxyl groups is 1. The molecule has 4 nitrogen and oxygen atoms in total. The van der Waals surface area contributed by atoms with Crippen LogP contribution >= 0.6 is 8.60 Å². The van der Waals surface area contributed by atoms with Gasteiger partial charge in [0.2, 0.25) is 0 Å². The van der Waals surface area contributed by atoms with Gasteiger partial charge in [-0.15, -0.1) is 0 Å². The van der Waals surface area contributed by atoms with E-state index in [9.17, 15) is 5.11 Å². The second-order valence-electron chi connectivity index (χ2n) is 2.62. The van der Waals surface area contributed by atoms with E-state index in [1.54, 1.807) is 24.3 Å². The van der Waals surface area contributed by atoms with Crippen LogP contribution in [0.3, 0.4) is 0 Å². The number of rotatable bonds is 6. The maximum absolute atomic E-state index is 9.47. The molecule has 1 aromatic rings. The van der Waals surface area contributed by atoms with E-state index in [2.05, 4.69) is 0 Å². The van der Waals surface area contributed by atoms with Crippen molar-refractivity contribution < 1.29 is 18.7 Å². The predicted molar refractivity (Wildman–Crippen MR) is 58.9 cm³/mol. The van der Waals surface area contributed by atoms with E-state index in [-0.39, 0.29) is 5.75 Å². The van der Waals surface area contributed by atoms with Gasteiger partial charge in [-0.3, -0.25) is 0 Å². The lowest BCUT2D eigenvalue weighted by molar-refractivity contribution is 0.219. The number of benzene rings is 1. The molecule has 0 fully saturated rings. The van der Waals surface area contributed by atoms with Gasteiger partial charge in [-0.2, -0.15) is 0 Å². The van der Waals surface area contributed by atoms with Crippen molar-refractivity contribution in [2.75, 3.05) is 13.2 Å². The first kappa shape index (κ1) is 12.2. The molecule has 0 aliphatic carbocycles. The van der Waals surface area contributed by atoms with E-state index in [1.807, 2.05) is 13.8 Å². The van der Waals surface area contributed by atoms with Crippen molar-refractivity contribution in [2.45, 2.75) is 13.8 Å². The van der Waals surface area contributed by atoms with Crippen molar-refractivity contribution in [3.63, 3.8) is 0 Å². The second-order valence-corrected chi connectivity index (χ2v) is 3.76. The van der Waals surface area contributed by atoms with Crippen molar-refractivity contribution in [2.24, 2.45) is 0 Å². The van der Waals surface area contributed by atoms with Crippen molar-refractivity contribution in [3.05, 3.63) is 24.3 Å². The van der Waals surface area contributed by atoms with Gasteiger partial charge in [0, 0.05) is 0 Å². The lowest BCUT2D eigenvalue weighted by atomic mass is 10.3. The van der Waals surface area contributed by atoms with Crippen molar-refractivity contribution in [1.29, 1.82) is 0 Å². The van der Waals surface area contributed by atoms with Crippen molar-refractivity contribution in [3.8, 4) is 11.5 Å². The Morgan fingerprint density at radius 3 is 2.27 bits per heavy atom. The molecule has 1 aromatic carbocycles. The maximum Gasteiger partial charge on any atom is 0.397 e. The molecule has 0 saturated carbocycles. The summed E-state index contributed by atoms with van der Waals surface area (Å²) in [5.74, 6) is 0.468. The first-order valence-corrected chi connectivity index (χ1v) is 5.89. The Morgan fingerprint density at radius 2 is 1.73 bits per heavy atom. The summed E-state index contributed by atoms with van der Waals surface area (Å²) in [6.45, 7) is 4.75. The predicted octanol–water partition coefficient (Wildman–Crippen LogP) is 3.07. The van der Waals surface area contributed by atoms with Gasteiger partial charge in [-0.05, 0) is 26.0 Å². The van der Waals surface area contributed by atoms with Crippen LogP contribution in [0.4, 0.5) is 0 Å². The number of hydrogen-bond acceptors (Lipinski definition) is 4. The summed E-state index contributed by atoms with van der Waals surface area (Å²) in [5, 5.41) is 9.47. The van der Waals surface area contributed by atoms with Crippen LogP contribution in [0.1, 0.15) is 13.8 Å². The molecule has 0 unspecified atom stereocenters. The van der Waals surface area contributed by atoms with Gasteiger partial charge < -0.3 is 18.7 Å². The molecule has 0 atom stereocenters. The Kier molecular flexibility index (Phi) is 5.40. The van der Waals surface area contributed by atoms with E-state index in [0.717, 1.165) is 0 Å². The van der Waals surface area contributed by atoms with Crippen LogP contribution in [0.2, 0.25) is 0 Å². The smallest absolute Gasteiger partial charge is 0.397 e. The minimum absolute atomic E-state index is 0.0874. The van der Waals surface area contributed by atoms with Gasteiger partial charge in [0.25, 0.3) is 0 Å². The molecule has 0 spiro atoms. The van der Waals surface area contributed by atoms with Crippen LogP contribution in [0, 0.1) is 0 Å². The molecular formula is C10H15O4P. The van der Waals surface area contributed by atoms with Gasteiger partial charge in [0.05, 0.1) is 13.2 Å². The van der Waals surface area contributed by atoms with Crippen LogP contribution in [0.15, 0.2) is 24.3 Å². The fraction of sp³-hybridized carbons (Fsp3) is 0.400. The van der Waals surface area contributed by atoms with Crippen LogP contribution in [0.5, 0.6) is 11.5 Å². The maximum atomic E-state index is 9.47. The molecule has 0 aromatic heterocycles. The van der Waals surface area contributed by atoms with E-state index in [4.69, 9.17) is 13.6 Å². The first-order chi connectivity index (χ1) is 7.27. The number of para-hydroxylation sites is 2. The highest BCUT2D eigenvalue weighted by Crippen LogP contribution is 2.43. The molecule has 0 aliphatic rings. The Labute approximate surface area is 90.8 Å². The van der Waals surface area contributed by atoms with Gasteiger partial charge in [-0.1, -0.05) is 12.1 Å². The Bertz CT molecular complexity index is 287. The van der Waals surface area contributed by atoms with Gasteiger partial charge >= 0.3 is 8.60 Å². The largest absolute Gasteiger partial charge is 0.504 e. The molecule has 0 saturated heterocycles. The third-order valence-corrected chi connectivity index (χ3v) is 2.79. The molecule has 0 radical (unpaired) electrons. The highest BCUT2D eigenvalue weighted by atomic mass is 31.2. The summed E-state index contributed by atoms with van der Waals surface area (Å²) in [6, 6.07) is 6.73. The molecular weight excluding hydrogens is 215 g/mol. The highest BCUT2D eigenvalue weighted by molar-refractivity contribution is 7.42. The Balaban J connectivity index is 2.60. The first-order valence-electron chi connectivity index (χ1n) is 4.79. The third-order valence-electron chi connectivity index (χ3n) is 1.51. The molecule has 0 aliphatic heterocycles. The average Bonchev–Trinajstić information content (AvgIpc) is 2.22. The van der Waals surface area contributed by atoms with Crippen LogP contribution in [-0.4, -0.2) is 18.3 Å². The summed E-state index contributed by atoms with van der Waals surface area (Å²) in [5.41, 5.74) is 0. The van der Waals surface area contributed by atoms with Gasteiger partial charge in [0.1, 0.15) is 0 Å². The van der Waals surface area contributed by atoms with Gasteiger partial charge in [0.15, 0.2) is 11.5 Å². The quantitative estimate of drug-likeness (QED) is 0.763. The molecule has 0 amide bonds. The zero-order valence-corrected chi connectivity index (χ0v) is 9.74. The number of phenols is 1. The normalized spacial score (nSPS) is 10.6. The average molecular weight is 230 g/mol. The minimum atomic E-state index is -1.41. The lowest BCUT2D eigenvalue weighted by Gasteiger charge is -2.15. The van der Waals surface area contributed by atoms with Crippen LogP contribution < -0.4 is 4.52 Å². The van der Waals surface area contributed by atoms with E-state index in [0.29, 0.717) is 19.0 Å². The second kappa shape index (κ2) is 6.62. The zero-order valence-electron chi connectivity index (χ0n) is 8.84. The number of phenolic OH excluding ortho intramolecular Hbond substituents is 1. The van der Waals surface area contributed by atoms with E-state index < -0.39 is 8.60 Å². The standard InChI is InChI=1S/C10H15O4P/c1-3-12-15(13-4-2)14-10-8-6-5-7-9(10)11/h5-8,11H,3-4H2,1-2H3. The zero-order chi connectivity index (χ0) is 11.1. The molecule has 5 heteroatoms. The van der Waals surface area contributed by atoms with Crippen molar-refractivity contribution in [1.82, 2.24) is 0 Å². The minimum Gasteiger partial charge on any atom is -0.504 e. The third kappa shape index (κ3) is 4.04. The summed E-state index contributed by atoms with van der Waals surface area (Å²) in [6.07, 6.45) is 0. The summed E-state index contributed by atoms with van der Waals surface area (Å²) in [7, 11) is -1.41. The summed E-state index contributed by atoms with van der Waals surface area (Å²) in [4.78, 5) is 0. The van der Waals surface area contributed by atoms with E-state index >= 15 is 0 Å². The highest BCUT2D eigenvalue weighted by Gasteiger charge is 2.14. The fourth-order valence-corrected chi connectivity index (χ4v) is 1.83. The van der Waals surface area contributed by atoms with Crippen LogP contribution in [0.25, 0.3) is 0 Å². The SMILES string of the molecule is CCOP(OCC)Oc1ccccc1O. The van der Waals surface area contributed by atoms with Gasteiger partial charge in [-0.25, -0.2) is 0 Å². The summed E-state index contributed by atoms with van der Waals surface area (Å²) < 4.78 is 15.9. The Hall–Kier alpha value is -0.830. The topological polar surface area (TPSA) is 47.9 Å². The van der Waals surface area contributed by atoms with E-state index in [1.165, 1.54) is 0 Å².